The molecule has 1 N–H and O–H groups in total. The van der Waals surface area contributed by atoms with Gasteiger partial charge in [0.05, 0.1) is 12.1 Å². The summed E-state index contributed by atoms with van der Waals surface area (Å²) in [6.45, 7) is 1.65. The zero-order valence-electron chi connectivity index (χ0n) is 10.9. The molecule has 1 atom stereocenters. The van der Waals surface area contributed by atoms with Gasteiger partial charge < -0.3 is 10.1 Å². The Morgan fingerprint density at radius 3 is 2.70 bits per heavy atom. The van der Waals surface area contributed by atoms with Crippen molar-refractivity contribution in [2.45, 2.75) is 13.0 Å². The van der Waals surface area contributed by atoms with E-state index in [4.69, 9.17) is 4.74 Å². The van der Waals surface area contributed by atoms with E-state index in [0.29, 0.717) is 0 Å². The highest BCUT2D eigenvalue weighted by Crippen LogP contribution is 2.18. The molecule has 1 unspecified atom stereocenters. The van der Waals surface area contributed by atoms with E-state index in [2.05, 4.69) is 10.3 Å². The van der Waals surface area contributed by atoms with E-state index in [1.165, 1.54) is 18.3 Å². The summed E-state index contributed by atoms with van der Waals surface area (Å²) in [5.41, 5.74) is 2.67. The lowest BCUT2D eigenvalue weighted by Crippen LogP contribution is -2.28. The summed E-state index contributed by atoms with van der Waals surface area (Å²) in [7, 11) is 0. The number of benzene rings is 1. The molecule has 0 bridgehead atoms. The van der Waals surface area contributed by atoms with E-state index < -0.39 is 12.1 Å². The largest absolute Gasteiger partial charge is 0.451 e. The van der Waals surface area contributed by atoms with Gasteiger partial charge in [0, 0.05) is 12.3 Å². The first-order valence-electron chi connectivity index (χ1n) is 6.05. The maximum atomic E-state index is 11.9. The van der Waals surface area contributed by atoms with Gasteiger partial charge in [0.1, 0.15) is 6.10 Å². The summed E-state index contributed by atoms with van der Waals surface area (Å²) in [6.07, 6.45) is -0.533. The number of amides is 1. The molecular formula is C14H14N2O3S. The number of thiazole rings is 1. The summed E-state index contributed by atoms with van der Waals surface area (Å²) in [6, 6.07) is 9.28. The molecule has 1 amide bonds. The minimum Gasteiger partial charge on any atom is -0.451 e. The Morgan fingerprint density at radius 1 is 1.35 bits per heavy atom. The second-order valence-corrected chi connectivity index (χ2v) is 4.83. The standard InChI is InChI=1S/C14H14N2O3S/c1-10(17)15-7-13(11-5-3-2-4-6-11)19-14(18)12-8-20-9-16-12/h2-6,8-9,13H,7H2,1H3,(H,15,17). The molecule has 0 aliphatic heterocycles. The zero-order chi connectivity index (χ0) is 14.4. The summed E-state index contributed by atoms with van der Waals surface area (Å²) in [5.74, 6) is -0.666. The number of nitrogens with zero attached hydrogens (tertiary/aromatic N) is 1. The van der Waals surface area contributed by atoms with Gasteiger partial charge in [0.15, 0.2) is 5.69 Å². The van der Waals surface area contributed by atoms with Crippen LogP contribution < -0.4 is 5.32 Å². The van der Waals surface area contributed by atoms with Gasteiger partial charge >= 0.3 is 5.97 Å². The normalized spacial score (nSPS) is 11.7. The number of hydrogen-bond donors (Lipinski definition) is 1. The molecule has 0 spiro atoms. The van der Waals surface area contributed by atoms with Crippen LogP contribution in [0, 0.1) is 0 Å². The molecule has 2 aromatic rings. The van der Waals surface area contributed by atoms with Crippen LogP contribution in [0.3, 0.4) is 0 Å². The molecule has 1 aromatic carbocycles. The average molecular weight is 290 g/mol. The molecule has 0 radical (unpaired) electrons. The van der Waals surface area contributed by atoms with Crippen molar-refractivity contribution in [2.24, 2.45) is 0 Å². The van der Waals surface area contributed by atoms with Crippen molar-refractivity contribution >= 4 is 23.2 Å². The minimum atomic E-state index is -0.533. The van der Waals surface area contributed by atoms with Crippen LogP contribution in [0.1, 0.15) is 29.1 Å². The number of esters is 1. The summed E-state index contributed by atoms with van der Waals surface area (Å²) >= 11 is 1.33. The van der Waals surface area contributed by atoms with E-state index >= 15 is 0 Å². The van der Waals surface area contributed by atoms with Crippen LogP contribution in [0.5, 0.6) is 0 Å². The number of aromatic nitrogens is 1. The topological polar surface area (TPSA) is 68.3 Å². The van der Waals surface area contributed by atoms with E-state index in [9.17, 15) is 9.59 Å². The minimum absolute atomic E-state index is 0.171. The van der Waals surface area contributed by atoms with Crippen molar-refractivity contribution in [2.75, 3.05) is 6.54 Å². The van der Waals surface area contributed by atoms with Gasteiger partial charge in [-0.25, -0.2) is 9.78 Å². The highest BCUT2D eigenvalue weighted by Gasteiger charge is 2.19. The van der Waals surface area contributed by atoms with Gasteiger partial charge in [-0.15, -0.1) is 11.3 Å². The second kappa shape index (κ2) is 6.81. The molecule has 20 heavy (non-hydrogen) atoms. The number of carbonyl (C=O) groups is 2. The first kappa shape index (κ1) is 14.2. The molecule has 0 saturated carbocycles. The Balaban J connectivity index is 2.10. The van der Waals surface area contributed by atoms with E-state index in [1.807, 2.05) is 30.3 Å². The van der Waals surface area contributed by atoms with Crippen LogP contribution in [0.4, 0.5) is 0 Å². The van der Waals surface area contributed by atoms with E-state index in [0.717, 1.165) is 5.56 Å². The van der Waals surface area contributed by atoms with Crippen LogP contribution in [0.2, 0.25) is 0 Å². The smallest absolute Gasteiger partial charge is 0.358 e. The zero-order valence-corrected chi connectivity index (χ0v) is 11.7. The van der Waals surface area contributed by atoms with Crippen molar-refractivity contribution in [3.8, 4) is 0 Å². The molecule has 2 rings (SSSR count). The fourth-order valence-corrected chi connectivity index (χ4v) is 2.16. The Hall–Kier alpha value is -2.21. The quantitative estimate of drug-likeness (QED) is 0.857. The monoisotopic (exact) mass is 290 g/mol. The number of hydrogen-bond acceptors (Lipinski definition) is 5. The van der Waals surface area contributed by atoms with Crippen LogP contribution in [0.25, 0.3) is 0 Å². The molecule has 6 heteroatoms. The predicted octanol–water partition coefficient (Wildman–Crippen LogP) is 2.18. The summed E-state index contributed by atoms with van der Waals surface area (Å²) in [4.78, 5) is 26.9. The van der Waals surface area contributed by atoms with Crippen LogP contribution in [-0.4, -0.2) is 23.4 Å². The summed E-state index contributed by atoms with van der Waals surface area (Å²) < 4.78 is 5.42. The van der Waals surface area contributed by atoms with Crippen molar-refractivity contribution in [1.82, 2.24) is 10.3 Å². The van der Waals surface area contributed by atoms with Crippen molar-refractivity contribution in [1.29, 1.82) is 0 Å². The lowest BCUT2D eigenvalue weighted by atomic mass is 10.1. The van der Waals surface area contributed by atoms with Gasteiger partial charge in [-0.1, -0.05) is 30.3 Å². The molecule has 0 saturated heterocycles. The first-order chi connectivity index (χ1) is 9.66. The average Bonchev–Trinajstić information content (AvgIpc) is 2.98. The summed E-state index contributed by atoms with van der Waals surface area (Å²) in [5, 5.41) is 4.29. The molecular weight excluding hydrogens is 276 g/mol. The number of carbonyl (C=O) groups excluding carboxylic acids is 2. The molecule has 1 heterocycles. The van der Waals surface area contributed by atoms with Gasteiger partial charge in [-0.05, 0) is 5.56 Å². The Labute approximate surface area is 120 Å². The third-order valence-electron chi connectivity index (χ3n) is 2.60. The van der Waals surface area contributed by atoms with E-state index in [1.54, 1.807) is 10.9 Å². The molecule has 5 nitrogen and oxygen atoms in total. The molecule has 0 fully saturated rings. The maximum absolute atomic E-state index is 11.9. The number of nitrogens with one attached hydrogen (secondary N) is 1. The van der Waals surface area contributed by atoms with Gasteiger partial charge in [0.25, 0.3) is 0 Å². The van der Waals surface area contributed by atoms with Gasteiger partial charge in [-0.3, -0.25) is 4.79 Å². The Bertz CT molecular complexity index is 569. The lowest BCUT2D eigenvalue weighted by molar-refractivity contribution is -0.119. The Morgan fingerprint density at radius 2 is 2.10 bits per heavy atom. The highest BCUT2D eigenvalue weighted by atomic mass is 32.1. The first-order valence-corrected chi connectivity index (χ1v) is 6.99. The SMILES string of the molecule is CC(=O)NCC(OC(=O)c1cscn1)c1ccccc1. The molecule has 0 aliphatic rings. The number of ether oxygens (including phenoxy) is 1. The Kier molecular flexibility index (Phi) is 4.84. The van der Waals surface area contributed by atoms with Crippen molar-refractivity contribution in [3.63, 3.8) is 0 Å². The predicted molar refractivity (Wildman–Crippen MR) is 75.4 cm³/mol. The van der Waals surface area contributed by atoms with Crippen LogP contribution in [-0.2, 0) is 9.53 Å². The fourth-order valence-electron chi connectivity index (χ4n) is 1.63. The third kappa shape index (κ3) is 3.89. The van der Waals surface area contributed by atoms with Crippen LogP contribution >= 0.6 is 11.3 Å². The van der Waals surface area contributed by atoms with E-state index in [-0.39, 0.29) is 18.1 Å². The van der Waals surface area contributed by atoms with Crippen molar-refractivity contribution < 1.29 is 14.3 Å². The third-order valence-corrected chi connectivity index (χ3v) is 3.18. The van der Waals surface area contributed by atoms with Gasteiger partial charge in [-0.2, -0.15) is 0 Å². The highest BCUT2D eigenvalue weighted by molar-refractivity contribution is 7.07. The fraction of sp³-hybridized carbons (Fsp3) is 0.214. The van der Waals surface area contributed by atoms with Crippen LogP contribution in [0.15, 0.2) is 41.2 Å². The second-order valence-electron chi connectivity index (χ2n) is 4.12. The molecule has 0 aliphatic carbocycles. The number of rotatable bonds is 5. The molecule has 1 aromatic heterocycles. The molecule has 104 valence electrons. The van der Waals surface area contributed by atoms with Gasteiger partial charge in [0.2, 0.25) is 5.91 Å². The lowest BCUT2D eigenvalue weighted by Gasteiger charge is -2.18. The maximum Gasteiger partial charge on any atom is 0.358 e. The van der Waals surface area contributed by atoms with Crippen molar-refractivity contribution in [3.05, 3.63) is 52.5 Å².